The number of carbonyl (C=O) groups excluding carboxylic acids is 2. The maximum absolute atomic E-state index is 12.5. The van der Waals surface area contributed by atoms with Crippen molar-refractivity contribution in [3.8, 4) is 0 Å². The predicted molar refractivity (Wildman–Crippen MR) is 83.9 cm³/mol. The van der Waals surface area contributed by atoms with E-state index in [0.29, 0.717) is 6.54 Å². The number of primary amides is 1. The highest BCUT2D eigenvalue weighted by atomic mass is 35.5. The molecule has 0 saturated carbocycles. The summed E-state index contributed by atoms with van der Waals surface area (Å²) in [4.78, 5) is 25.5. The molecule has 7 nitrogen and oxygen atoms in total. The van der Waals surface area contributed by atoms with E-state index in [9.17, 15) is 9.59 Å². The first-order valence-electron chi connectivity index (χ1n) is 7.52. The minimum atomic E-state index is -0.531. The van der Waals surface area contributed by atoms with Crippen LogP contribution < -0.4 is 11.1 Å². The summed E-state index contributed by atoms with van der Waals surface area (Å²) in [5, 5.41) is 10.1. The molecule has 22 heavy (non-hydrogen) atoms. The second-order valence-corrected chi connectivity index (χ2v) is 5.85. The van der Waals surface area contributed by atoms with Crippen LogP contribution in [-0.2, 0) is 4.79 Å². The highest BCUT2D eigenvalue weighted by Crippen LogP contribution is 2.26. The van der Waals surface area contributed by atoms with Gasteiger partial charge in [-0.1, -0.05) is 0 Å². The maximum atomic E-state index is 12.5. The van der Waals surface area contributed by atoms with Crippen LogP contribution in [0.1, 0.15) is 47.8 Å². The third-order valence-corrected chi connectivity index (χ3v) is 4.38. The Morgan fingerprint density at radius 2 is 2.14 bits per heavy atom. The number of aromatic amines is 1. The van der Waals surface area contributed by atoms with Crippen LogP contribution >= 0.6 is 12.4 Å². The van der Waals surface area contributed by atoms with E-state index in [-0.39, 0.29) is 36.0 Å². The standard InChI is InChI=1S/C14H21N5O2.ClH/c15-13(20)12-7-11(17-18-12)9-3-2-6-19(8-9)14(21)10-4-1-5-16-10;/h7,9-10,16H,1-6,8H2,(H2,15,20)(H,17,18);1H. The number of piperidine rings is 1. The van der Waals surface area contributed by atoms with Gasteiger partial charge in [0.2, 0.25) is 5.91 Å². The van der Waals surface area contributed by atoms with Gasteiger partial charge in [0.1, 0.15) is 5.69 Å². The van der Waals surface area contributed by atoms with Crippen LogP contribution in [0.2, 0.25) is 0 Å². The molecule has 2 aliphatic rings. The first kappa shape index (κ1) is 16.8. The number of nitrogens with one attached hydrogen (secondary N) is 2. The SMILES string of the molecule is Cl.NC(=O)c1cc(C2CCCN(C(=O)C3CCCN3)C2)[nH]n1. The number of halogens is 1. The Bertz CT molecular complexity index is 541. The van der Waals surface area contributed by atoms with E-state index in [4.69, 9.17) is 5.73 Å². The number of nitrogens with two attached hydrogens (primary N) is 1. The number of amides is 2. The lowest BCUT2D eigenvalue weighted by Gasteiger charge is -2.33. The van der Waals surface area contributed by atoms with Crippen LogP contribution in [0, 0.1) is 0 Å². The largest absolute Gasteiger partial charge is 0.364 e. The molecule has 2 fully saturated rings. The number of hydrogen-bond acceptors (Lipinski definition) is 4. The van der Waals surface area contributed by atoms with Gasteiger partial charge in [0.15, 0.2) is 0 Å². The minimum Gasteiger partial charge on any atom is -0.364 e. The van der Waals surface area contributed by atoms with Gasteiger partial charge in [-0.25, -0.2) is 0 Å². The van der Waals surface area contributed by atoms with Crippen molar-refractivity contribution in [1.29, 1.82) is 0 Å². The fourth-order valence-electron chi connectivity index (χ4n) is 3.22. The molecular formula is C14H22ClN5O2. The molecule has 2 saturated heterocycles. The van der Waals surface area contributed by atoms with Gasteiger partial charge < -0.3 is 16.0 Å². The summed E-state index contributed by atoms with van der Waals surface area (Å²) in [5.41, 5.74) is 6.37. The lowest BCUT2D eigenvalue weighted by Crippen LogP contribution is -2.47. The second-order valence-electron chi connectivity index (χ2n) is 5.85. The van der Waals surface area contributed by atoms with Gasteiger partial charge in [-0.3, -0.25) is 14.7 Å². The normalized spacial score (nSPS) is 24.8. The Morgan fingerprint density at radius 3 is 2.77 bits per heavy atom. The molecule has 2 aliphatic heterocycles. The van der Waals surface area contributed by atoms with E-state index in [2.05, 4.69) is 15.5 Å². The summed E-state index contributed by atoms with van der Waals surface area (Å²) in [5.74, 6) is -0.132. The van der Waals surface area contributed by atoms with Crippen LogP contribution in [0.15, 0.2) is 6.07 Å². The fourth-order valence-corrected chi connectivity index (χ4v) is 3.22. The van der Waals surface area contributed by atoms with Gasteiger partial charge in [-0.15, -0.1) is 12.4 Å². The third-order valence-electron chi connectivity index (χ3n) is 4.38. The molecule has 1 aromatic heterocycles. The fraction of sp³-hybridized carbons (Fsp3) is 0.643. The molecule has 0 aliphatic carbocycles. The lowest BCUT2D eigenvalue weighted by molar-refractivity contribution is -0.134. The van der Waals surface area contributed by atoms with Gasteiger partial charge in [0, 0.05) is 24.7 Å². The highest BCUT2D eigenvalue weighted by Gasteiger charge is 2.31. The van der Waals surface area contributed by atoms with Gasteiger partial charge >= 0.3 is 0 Å². The molecule has 3 heterocycles. The number of nitrogens with zero attached hydrogens (tertiary/aromatic N) is 2. The van der Waals surface area contributed by atoms with Crippen LogP contribution in [-0.4, -0.2) is 52.6 Å². The Kier molecular flexibility index (Phi) is 5.42. The van der Waals surface area contributed by atoms with Gasteiger partial charge in [0.25, 0.3) is 5.91 Å². The highest BCUT2D eigenvalue weighted by molar-refractivity contribution is 5.90. The van der Waals surface area contributed by atoms with E-state index in [1.165, 1.54) is 0 Å². The van der Waals surface area contributed by atoms with Crippen LogP contribution in [0.25, 0.3) is 0 Å². The third kappa shape index (κ3) is 3.41. The first-order chi connectivity index (χ1) is 10.1. The topological polar surface area (TPSA) is 104 Å². The summed E-state index contributed by atoms with van der Waals surface area (Å²) in [6.45, 7) is 2.41. The molecule has 1 aromatic rings. The number of likely N-dealkylation sites (tertiary alicyclic amines) is 1. The van der Waals surface area contributed by atoms with Crippen LogP contribution in [0.4, 0.5) is 0 Å². The van der Waals surface area contributed by atoms with Crippen molar-refractivity contribution in [3.05, 3.63) is 17.5 Å². The van der Waals surface area contributed by atoms with Crippen molar-refractivity contribution in [2.45, 2.75) is 37.6 Å². The molecular weight excluding hydrogens is 306 g/mol. The Balaban J connectivity index is 0.00000176. The quantitative estimate of drug-likeness (QED) is 0.747. The van der Waals surface area contributed by atoms with Gasteiger partial charge in [-0.05, 0) is 38.3 Å². The van der Waals surface area contributed by atoms with E-state index in [0.717, 1.165) is 44.5 Å². The molecule has 122 valence electrons. The van der Waals surface area contributed by atoms with E-state index in [1.54, 1.807) is 6.07 Å². The first-order valence-corrected chi connectivity index (χ1v) is 7.52. The smallest absolute Gasteiger partial charge is 0.269 e. The molecule has 2 atom stereocenters. The zero-order chi connectivity index (χ0) is 14.8. The molecule has 3 rings (SSSR count). The molecule has 4 N–H and O–H groups in total. The second kappa shape index (κ2) is 7.11. The van der Waals surface area contributed by atoms with Gasteiger partial charge in [0.05, 0.1) is 6.04 Å². The monoisotopic (exact) mass is 327 g/mol. The summed E-state index contributed by atoms with van der Waals surface area (Å²) in [7, 11) is 0. The van der Waals surface area contributed by atoms with E-state index >= 15 is 0 Å². The average molecular weight is 328 g/mol. The minimum absolute atomic E-state index is 0. The van der Waals surface area contributed by atoms with Crippen LogP contribution in [0.5, 0.6) is 0 Å². The van der Waals surface area contributed by atoms with Crippen molar-refractivity contribution in [3.63, 3.8) is 0 Å². The number of carbonyl (C=O) groups is 2. The molecule has 8 heteroatoms. The Labute approximate surface area is 135 Å². The van der Waals surface area contributed by atoms with Crippen molar-refractivity contribution in [2.24, 2.45) is 5.73 Å². The summed E-state index contributed by atoms with van der Waals surface area (Å²) >= 11 is 0. The Morgan fingerprint density at radius 1 is 1.32 bits per heavy atom. The number of rotatable bonds is 3. The molecule has 0 aromatic carbocycles. The summed E-state index contributed by atoms with van der Waals surface area (Å²) < 4.78 is 0. The lowest BCUT2D eigenvalue weighted by atomic mass is 9.94. The average Bonchev–Trinajstić information content (AvgIpc) is 3.18. The number of hydrogen-bond donors (Lipinski definition) is 3. The molecule has 0 bridgehead atoms. The van der Waals surface area contributed by atoms with Crippen molar-refractivity contribution in [2.75, 3.05) is 19.6 Å². The summed E-state index contributed by atoms with van der Waals surface area (Å²) in [6, 6.07) is 1.68. The molecule has 0 radical (unpaired) electrons. The predicted octanol–water partition coefficient (Wildman–Crippen LogP) is 0.388. The van der Waals surface area contributed by atoms with Crippen LogP contribution in [0.3, 0.4) is 0 Å². The van der Waals surface area contributed by atoms with E-state index < -0.39 is 5.91 Å². The van der Waals surface area contributed by atoms with Crippen molar-refractivity contribution < 1.29 is 9.59 Å². The van der Waals surface area contributed by atoms with Gasteiger partial charge in [-0.2, -0.15) is 5.10 Å². The van der Waals surface area contributed by atoms with E-state index in [1.807, 2.05) is 4.90 Å². The maximum Gasteiger partial charge on any atom is 0.269 e. The molecule has 0 spiro atoms. The molecule has 2 amide bonds. The Hall–Kier alpha value is -1.60. The zero-order valence-electron chi connectivity index (χ0n) is 12.4. The number of H-pyrrole nitrogens is 1. The molecule has 2 unspecified atom stereocenters. The van der Waals surface area contributed by atoms with Crippen molar-refractivity contribution in [1.82, 2.24) is 20.4 Å². The van der Waals surface area contributed by atoms with Crippen molar-refractivity contribution >= 4 is 24.2 Å². The number of aromatic nitrogens is 2. The zero-order valence-corrected chi connectivity index (χ0v) is 13.2. The summed E-state index contributed by atoms with van der Waals surface area (Å²) in [6.07, 6.45) is 3.95.